The van der Waals surface area contributed by atoms with Gasteiger partial charge in [0.2, 0.25) is 11.2 Å². The van der Waals surface area contributed by atoms with Crippen molar-refractivity contribution in [3.8, 4) is 0 Å². The minimum absolute atomic E-state index is 0.0161. The Labute approximate surface area is 191 Å². The minimum atomic E-state index is -2.20. The van der Waals surface area contributed by atoms with Gasteiger partial charge in [0.15, 0.2) is 5.78 Å². The van der Waals surface area contributed by atoms with Crippen molar-refractivity contribution in [3.63, 3.8) is 0 Å². The summed E-state index contributed by atoms with van der Waals surface area (Å²) in [5, 5.41) is 0. The van der Waals surface area contributed by atoms with Gasteiger partial charge in [-0.05, 0) is 32.0 Å². The molecule has 1 aliphatic carbocycles. The van der Waals surface area contributed by atoms with Gasteiger partial charge >= 0.3 is 11.9 Å². The quantitative estimate of drug-likeness (QED) is 0.457. The number of hydrogen-bond acceptors (Lipinski definition) is 7. The van der Waals surface area contributed by atoms with Crippen LogP contribution < -0.4 is 0 Å². The number of ketones is 2. The zero-order valence-corrected chi connectivity index (χ0v) is 19.1. The van der Waals surface area contributed by atoms with E-state index in [9.17, 15) is 19.2 Å². The average Bonchev–Trinajstić information content (AvgIpc) is 2.76. The highest BCUT2D eigenvalue weighted by molar-refractivity contribution is 9.10. The molecule has 0 bridgehead atoms. The maximum Gasteiger partial charge on any atom is 0.332 e. The fourth-order valence-electron chi connectivity index (χ4n) is 3.91. The third kappa shape index (κ3) is 3.08. The number of benzene rings is 2. The van der Waals surface area contributed by atoms with Crippen molar-refractivity contribution in [1.82, 2.24) is 0 Å². The molecule has 0 saturated carbocycles. The molecule has 0 spiro atoms. The predicted octanol–water partition coefficient (Wildman–Crippen LogP) is 4.25. The van der Waals surface area contributed by atoms with E-state index >= 15 is 0 Å². The fraction of sp³-hybridized carbons (Fsp3) is 0.217. The number of hydrogen-bond donors (Lipinski definition) is 0. The molecule has 0 N–H and O–H groups in total. The Hall–Kier alpha value is -2.71. The van der Waals surface area contributed by atoms with Crippen molar-refractivity contribution in [1.29, 1.82) is 0 Å². The molecule has 2 aromatic rings. The van der Waals surface area contributed by atoms with E-state index in [4.69, 9.17) is 9.47 Å². The number of allylic oxidation sites excluding steroid dienone is 1. The molecule has 4 rings (SSSR count). The number of carbonyl (C=O) groups excluding carboxylic acids is 4. The molecule has 2 aromatic carbocycles. The minimum Gasteiger partial charge on any atom is -0.465 e. The van der Waals surface area contributed by atoms with Crippen LogP contribution in [0.15, 0.2) is 62.3 Å². The van der Waals surface area contributed by atoms with Crippen LogP contribution in [0.5, 0.6) is 0 Å². The largest absolute Gasteiger partial charge is 0.465 e. The van der Waals surface area contributed by atoms with E-state index in [2.05, 4.69) is 15.9 Å². The molecule has 0 fully saturated rings. The molecule has 1 heterocycles. The number of thioether (sulfide) groups is 1. The van der Waals surface area contributed by atoms with Crippen LogP contribution in [-0.4, -0.2) is 36.7 Å². The first kappa shape index (κ1) is 21.5. The maximum absolute atomic E-state index is 13.7. The third-order valence-corrected chi connectivity index (χ3v) is 6.84. The number of carbonyl (C=O) groups is 4. The van der Waals surface area contributed by atoms with E-state index in [0.29, 0.717) is 9.37 Å². The van der Waals surface area contributed by atoms with Gasteiger partial charge in [-0.2, -0.15) is 0 Å². The second kappa shape index (κ2) is 8.09. The van der Waals surface area contributed by atoms with E-state index in [1.807, 2.05) is 0 Å². The van der Waals surface area contributed by atoms with Crippen LogP contribution in [0.4, 0.5) is 0 Å². The lowest BCUT2D eigenvalue weighted by Gasteiger charge is -2.38. The van der Waals surface area contributed by atoms with Gasteiger partial charge in [0.05, 0.1) is 23.7 Å². The van der Waals surface area contributed by atoms with Gasteiger partial charge < -0.3 is 9.47 Å². The maximum atomic E-state index is 13.7. The Balaban J connectivity index is 2.12. The molecule has 0 saturated heterocycles. The van der Waals surface area contributed by atoms with Crippen LogP contribution in [-0.2, 0) is 24.5 Å². The Kier molecular flexibility index (Phi) is 5.61. The van der Waals surface area contributed by atoms with Crippen LogP contribution in [0.2, 0.25) is 0 Å². The molecule has 6 nitrogen and oxygen atoms in total. The summed E-state index contributed by atoms with van der Waals surface area (Å²) < 4.78 is 11.2. The first-order valence-corrected chi connectivity index (χ1v) is 11.2. The molecule has 31 heavy (non-hydrogen) atoms. The van der Waals surface area contributed by atoms with Crippen LogP contribution in [0.3, 0.4) is 0 Å². The molecule has 0 aromatic heterocycles. The van der Waals surface area contributed by atoms with Crippen LogP contribution in [0.1, 0.15) is 40.1 Å². The topological polar surface area (TPSA) is 86.7 Å². The third-order valence-electron chi connectivity index (χ3n) is 5.17. The normalized spacial score (nSPS) is 16.2. The molecule has 0 radical (unpaired) electrons. The lowest BCUT2D eigenvalue weighted by Crippen LogP contribution is -2.52. The lowest BCUT2D eigenvalue weighted by molar-refractivity contribution is -0.162. The molecular weight excluding hydrogens is 484 g/mol. The number of halogens is 1. The Morgan fingerprint density at radius 2 is 1.52 bits per heavy atom. The van der Waals surface area contributed by atoms with Gasteiger partial charge in [-0.3, -0.25) is 19.2 Å². The van der Waals surface area contributed by atoms with Crippen molar-refractivity contribution < 1.29 is 28.7 Å². The lowest BCUT2D eigenvalue weighted by atomic mass is 9.68. The van der Waals surface area contributed by atoms with Crippen molar-refractivity contribution in [3.05, 3.63) is 74.1 Å². The summed E-state index contributed by atoms with van der Waals surface area (Å²) in [4.78, 5) is 54.6. The zero-order valence-electron chi connectivity index (χ0n) is 16.7. The predicted molar refractivity (Wildman–Crippen MR) is 117 cm³/mol. The molecule has 0 unspecified atom stereocenters. The van der Waals surface area contributed by atoms with Gasteiger partial charge in [-0.15, -0.1) is 0 Å². The van der Waals surface area contributed by atoms with Crippen LogP contribution in [0, 0.1) is 0 Å². The van der Waals surface area contributed by atoms with Gasteiger partial charge in [0, 0.05) is 26.1 Å². The highest BCUT2D eigenvalue weighted by atomic mass is 79.9. The SMILES string of the molecule is CCOC(=O)C1(C(=O)OCC)C2=C(Sc3ccc(Br)cc31)C(=O)c1ccccc1C2=O. The monoisotopic (exact) mass is 500 g/mol. The highest BCUT2D eigenvalue weighted by Gasteiger charge is 2.61. The summed E-state index contributed by atoms with van der Waals surface area (Å²) in [6, 6.07) is 11.4. The van der Waals surface area contributed by atoms with E-state index < -0.39 is 28.9 Å². The van der Waals surface area contributed by atoms with Gasteiger partial charge in [-0.25, -0.2) is 0 Å². The van der Waals surface area contributed by atoms with Gasteiger partial charge in [-0.1, -0.05) is 52.0 Å². The van der Waals surface area contributed by atoms with Crippen molar-refractivity contribution >= 4 is 51.2 Å². The number of esters is 2. The van der Waals surface area contributed by atoms with Crippen molar-refractivity contribution in [2.24, 2.45) is 0 Å². The Morgan fingerprint density at radius 3 is 2.10 bits per heavy atom. The highest BCUT2D eigenvalue weighted by Crippen LogP contribution is 2.53. The molecule has 0 amide bonds. The molecule has 8 heteroatoms. The summed E-state index contributed by atoms with van der Waals surface area (Å²) in [6.07, 6.45) is 0. The molecule has 2 aliphatic rings. The number of fused-ring (bicyclic) bond motifs is 2. The smallest absolute Gasteiger partial charge is 0.332 e. The molecule has 158 valence electrons. The van der Waals surface area contributed by atoms with Gasteiger partial charge in [0.25, 0.3) is 0 Å². The Bertz CT molecular complexity index is 1160. The number of Topliss-reactive ketones (excluding diaryl/α,β-unsaturated/α-hetero) is 2. The molecule has 0 atom stereocenters. The van der Waals surface area contributed by atoms with E-state index in [1.54, 1.807) is 50.2 Å². The number of rotatable bonds is 4. The summed E-state index contributed by atoms with van der Waals surface area (Å²) in [6.45, 7) is 3.18. The summed E-state index contributed by atoms with van der Waals surface area (Å²) >= 11 is 4.45. The van der Waals surface area contributed by atoms with E-state index in [1.165, 1.54) is 6.07 Å². The standard InChI is InChI=1S/C23H17BrO6S/c1-3-29-21(27)23(22(28)30-4-2)15-11-12(24)9-10-16(15)31-20-17(23)18(25)13-7-5-6-8-14(13)19(20)26/h5-11H,3-4H2,1-2H3. The second-order valence-corrected chi connectivity index (χ2v) is 8.81. The number of ether oxygens (including phenoxy) is 2. The first-order chi connectivity index (χ1) is 14.9. The first-order valence-electron chi connectivity index (χ1n) is 9.63. The molecular formula is C23H17BrO6S. The van der Waals surface area contributed by atoms with E-state index in [0.717, 1.165) is 11.8 Å². The van der Waals surface area contributed by atoms with Crippen molar-refractivity contribution in [2.45, 2.75) is 24.2 Å². The average molecular weight is 501 g/mol. The second-order valence-electron chi connectivity index (χ2n) is 6.84. The van der Waals surface area contributed by atoms with Crippen molar-refractivity contribution in [2.75, 3.05) is 13.2 Å². The molecule has 1 aliphatic heterocycles. The summed E-state index contributed by atoms with van der Waals surface area (Å²) in [5.74, 6) is -2.87. The van der Waals surface area contributed by atoms with E-state index in [-0.39, 0.29) is 40.4 Å². The van der Waals surface area contributed by atoms with Crippen LogP contribution >= 0.6 is 27.7 Å². The zero-order chi connectivity index (χ0) is 22.3. The Morgan fingerprint density at radius 1 is 0.935 bits per heavy atom. The fourth-order valence-corrected chi connectivity index (χ4v) is 5.50. The summed E-state index contributed by atoms with van der Waals surface area (Å²) in [7, 11) is 0. The van der Waals surface area contributed by atoms with Crippen LogP contribution in [0.25, 0.3) is 0 Å². The summed E-state index contributed by atoms with van der Waals surface area (Å²) in [5.41, 5.74) is -1.78. The van der Waals surface area contributed by atoms with Gasteiger partial charge in [0.1, 0.15) is 0 Å².